The molecule has 1 aliphatic heterocycles. The second kappa shape index (κ2) is 21.8. The second-order valence-corrected chi connectivity index (χ2v) is 27.0. The van der Waals surface area contributed by atoms with Crippen LogP contribution in [0.2, 0.25) is 0 Å². The first-order valence-electron chi connectivity index (χ1n) is 29.6. The Morgan fingerprint density at radius 3 is 1.46 bits per heavy atom. The summed E-state index contributed by atoms with van der Waals surface area (Å²) in [6.45, 7) is 35.2. The summed E-state index contributed by atoms with van der Waals surface area (Å²) in [5.74, 6) is -1.26. The van der Waals surface area contributed by atoms with Gasteiger partial charge in [0.1, 0.15) is 5.76 Å². The molecule has 2 unspecified atom stereocenters. The lowest BCUT2D eigenvalue weighted by molar-refractivity contribution is -0.124. The van der Waals surface area contributed by atoms with Crippen molar-refractivity contribution in [2.75, 3.05) is 5.32 Å². The SMILES string of the molecule is CCCCC(CC)C(=O)NC1=CC(=[N+]2c3ccc(C(C)(C)C)cc3-c3cc(C(C)(C)C)ccc32)C=CC1=C1C(=O)C(c2ccc(-n3c4ccc(C(C)(C)C)cc4c4cc(C(C)(C)C)ccc43)cc2NC(=O)C(CC)CCCC)=C1O. The standard InChI is InChI=1S/C72H86N4O4/c1-17-21-23-43(19-3)67(79)73-57-41-49(75-59-33-25-45(69(5,6)7)37-53(59)54-38-46(70(8,9)10)26-34-60(54)75)29-31-51(57)63-65(77)64(66(63)78)52-32-30-50(42-58(52)74-68(80)44(20-4)24-22-18-2)76-61-35-27-47(71(11,12)13)39-55(61)56-40-48(72(14,15)16)28-36-62(56)76/h25-44H,17-24H2,1-16H3,(H2,73,74,77,78,79,80)/p+1. The van der Waals surface area contributed by atoms with Gasteiger partial charge in [0.25, 0.3) is 0 Å². The fourth-order valence-corrected chi connectivity index (χ4v) is 11.8. The maximum Gasteiger partial charge on any atom is 0.227 e. The van der Waals surface area contributed by atoms with Crippen LogP contribution < -0.4 is 15.2 Å². The number of nitrogens with one attached hydrogen (secondary N) is 2. The Hall–Kier alpha value is -7.06. The molecular formula is C72H87N4O4+. The molecule has 0 fully saturated rings. The van der Waals surface area contributed by atoms with Crippen LogP contribution in [0, 0.1) is 11.8 Å². The molecular weight excluding hydrogens is 985 g/mol. The summed E-state index contributed by atoms with van der Waals surface area (Å²) >= 11 is 0. The molecule has 0 radical (unpaired) electrons. The molecule has 5 aromatic carbocycles. The maximum absolute atomic E-state index is 15.2. The molecule has 0 bridgehead atoms. The van der Waals surface area contributed by atoms with Crippen LogP contribution in [0.4, 0.5) is 17.1 Å². The fourth-order valence-electron chi connectivity index (χ4n) is 11.8. The summed E-state index contributed by atoms with van der Waals surface area (Å²) in [5.41, 5.74) is 14.7. The highest BCUT2D eigenvalue weighted by atomic mass is 16.3. The van der Waals surface area contributed by atoms with Gasteiger partial charge in [0.15, 0.2) is 0 Å². The molecule has 418 valence electrons. The number of amides is 2. The average Bonchev–Trinajstić information content (AvgIpc) is 4.00. The Kier molecular flexibility index (Phi) is 15.7. The summed E-state index contributed by atoms with van der Waals surface area (Å²) in [4.78, 5) is 44.1. The molecule has 0 spiro atoms. The maximum atomic E-state index is 15.2. The van der Waals surface area contributed by atoms with Gasteiger partial charge in [-0.3, -0.25) is 14.4 Å². The Labute approximate surface area is 476 Å². The predicted molar refractivity (Wildman–Crippen MR) is 336 cm³/mol. The summed E-state index contributed by atoms with van der Waals surface area (Å²) < 4.78 is 4.49. The number of nitrogens with zero attached hydrogens (tertiary/aromatic N) is 2. The summed E-state index contributed by atoms with van der Waals surface area (Å²) in [6, 6.07) is 32.7. The van der Waals surface area contributed by atoms with Crippen molar-refractivity contribution in [3.63, 3.8) is 0 Å². The highest BCUT2D eigenvalue weighted by Gasteiger charge is 2.42. The Bertz CT molecular complexity index is 3520. The zero-order valence-corrected chi connectivity index (χ0v) is 50.8. The topological polar surface area (TPSA) is 103 Å². The number of Topliss-reactive ketones (excluding diaryl/α,β-unsaturated/α-hetero) is 1. The number of anilines is 1. The smallest absolute Gasteiger partial charge is 0.227 e. The van der Waals surface area contributed by atoms with E-state index in [-0.39, 0.29) is 68.0 Å². The average molecular weight is 1070 g/mol. The number of allylic oxidation sites excluding steroid dienone is 5. The van der Waals surface area contributed by atoms with Crippen LogP contribution >= 0.6 is 0 Å². The van der Waals surface area contributed by atoms with Crippen LogP contribution in [0.5, 0.6) is 0 Å². The summed E-state index contributed by atoms with van der Waals surface area (Å²) in [5, 5.41) is 21.4. The molecule has 1 aromatic heterocycles. The third-order valence-electron chi connectivity index (χ3n) is 17.0. The Balaban J connectivity index is 1.23. The molecule has 9 rings (SSSR count). The number of fused-ring (bicyclic) bond motifs is 6. The van der Waals surface area contributed by atoms with E-state index in [4.69, 9.17) is 0 Å². The summed E-state index contributed by atoms with van der Waals surface area (Å²) in [6.07, 6.45) is 12.4. The molecule has 8 heteroatoms. The second-order valence-electron chi connectivity index (χ2n) is 27.0. The molecule has 8 nitrogen and oxygen atoms in total. The van der Waals surface area contributed by atoms with Gasteiger partial charge in [0.2, 0.25) is 34.7 Å². The minimum absolute atomic E-state index is 0.0708. The Morgan fingerprint density at radius 1 is 0.550 bits per heavy atom. The van der Waals surface area contributed by atoms with E-state index in [1.807, 2.05) is 50.3 Å². The number of carbonyl (C=O) groups excluding carboxylic acids is 3. The van der Waals surface area contributed by atoms with E-state index in [9.17, 15) is 14.7 Å². The number of hydrogen-bond donors (Lipinski definition) is 3. The van der Waals surface area contributed by atoms with Gasteiger partial charge in [0, 0.05) is 63.7 Å². The first-order valence-corrected chi connectivity index (χ1v) is 29.6. The molecule has 0 saturated heterocycles. The van der Waals surface area contributed by atoms with Crippen molar-refractivity contribution in [3.05, 3.63) is 160 Å². The summed E-state index contributed by atoms with van der Waals surface area (Å²) in [7, 11) is 0. The minimum Gasteiger partial charge on any atom is -0.506 e. The number of aliphatic hydroxyl groups excluding tert-OH is 1. The van der Waals surface area contributed by atoms with Gasteiger partial charge >= 0.3 is 0 Å². The number of unbranched alkanes of at least 4 members (excludes halogenated alkanes) is 2. The van der Waals surface area contributed by atoms with Gasteiger partial charge in [-0.25, -0.2) is 0 Å². The normalized spacial score (nSPS) is 16.5. The van der Waals surface area contributed by atoms with E-state index in [2.05, 4.69) is 190 Å². The predicted octanol–water partition coefficient (Wildman–Crippen LogP) is 18.0. The Morgan fingerprint density at radius 2 is 1.01 bits per heavy atom. The van der Waals surface area contributed by atoms with Crippen molar-refractivity contribution in [1.29, 1.82) is 0 Å². The molecule has 2 amide bonds. The zero-order chi connectivity index (χ0) is 58.0. The third-order valence-corrected chi connectivity index (χ3v) is 17.0. The number of rotatable bonds is 14. The number of hydrogen-bond acceptors (Lipinski definition) is 4. The molecule has 2 heterocycles. The number of aromatic nitrogens is 1. The lowest BCUT2D eigenvalue weighted by atomic mass is 9.78. The van der Waals surface area contributed by atoms with Gasteiger partial charge in [-0.1, -0.05) is 161 Å². The first kappa shape index (κ1) is 57.6. The molecule has 80 heavy (non-hydrogen) atoms. The number of ketones is 1. The van der Waals surface area contributed by atoms with Crippen LogP contribution in [0.15, 0.2) is 132 Å². The molecule has 0 saturated carbocycles. The largest absolute Gasteiger partial charge is 0.506 e. The van der Waals surface area contributed by atoms with E-state index >= 15 is 4.79 Å². The van der Waals surface area contributed by atoms with Gasteiger partial charge in [-0.2, -0.15) is 4.58 Å². The molecule has 6 aromatic rings. The molecule has 2 aliphatic carbocycles. The zero-order valence-electron chi connectivity index (χ0n) is 50.8. The van der Waals surface area contributed by atoms with Crippen LogP contribution in [-0.2, 0) is 36.0 Å². The fraction of sp³-hybridized carbons (Fsp3) is 0.417. The van der Waals surface area contributed by atoms with Gasteiger partial charge < -0.3 is 20.3 Å². The van der Waals surface area contributed by atoms with Gasteiger partial charge in [-0.15, -0.1) is 0 Å². The third kappa shape index (κ3) is 10.8. The van der Waals surface area contributed by atoms with Gasteiger partial charge in [-0.05, 0) is 130 Å². The van der Waals surface area contributed by atoms with E-state index < -0.39 is 0 Å². The van der Waals surface area contributed by atoms with Gasteiger partial charge in [0.05, 0.1) is 44.7 Å². The highest BCUT2D eigenvalue weighted by Crippen LogP contribution is 2.50. The van der Waals surface area contributed by atoms with E-state index in [1.54, 1.807) is 0 Å². The van der Waals surface area contributed by atoms with Crippen molar-refractivity contribution in [2.24, 2.45) is 11.8 Å². The number of aliphatic hydroxyl groups is 1. The molecule has 3 aliphatic rings. The van der Waals surface area contributed by atoms with Crippen molar-refractivity contribution < 1.29 is 19.5 Å². The van der Waals surface area contributed by atoms with Crippen molar-refractivity contribution in [2.45, 2.75) is 184 Å². The quantitative estimate of drug-likeness (QED) is 0.0746. The molecule has 2 atom stereocenters. The monoisotopic (exact) mass is 1070 g/mol. The van der Waals surface area contributed by atoms with Crippen molar-refractivity contribution >= 4 is 67.8 Å². The number of benzene rings is 5. The molecule has 3 N–H and O–H groups in total. The van der Waals surface area contributed by atoms with Crippen LogP contribution in [-0.4, -0.2) is 33.0 Å². The van der Waals surface area contributed by atoms with Crippen LogP contribution in [0.3, 0.4) is 0 Å². The number of carbonyl (C=O) groups is 3. The van der Waals surface area contributed by atoms with Crippen LogP contribution in [0.1, 0.15) is 190 Å². The lowest BCUT2D eigenvalue weighted by Gasteiger charge is -2.28. The van der Waals surface area contributed by atoms with E-state index in [0.717, 1.165) is 94.2 Å². The van der Waals surface area contributed by atoms with Crippen LogP contribution in [0.25, 0.3) is 44.2 Å². The lowest BCUT2D eigenvalue weighted by Crippen LogP contribution is -2.34. The van der Waals surface area contributed by atoms with E-state index in [0.29, 0.717) is 35.4 Å². The minimum atomic E-state index is -0.368. The first-order chi connectivity index (χ1) is 37.7. The van der Waals surface area contributed by atoms with E-state index in [1.165, 1.54) is 22.3 Å². The van der Waals surface area contributed by atoms with Crippen molar-refractivity contribution in [3.8, 4) is 16.8 Å². The highest BCUT2D eigenvalue weighted by molar-refractivity contribution is 6.40. The van der Waals surface area contributed by atoms with Crippen molar-refractivity contribution in [1.82, 2.24) is 14.5 Å².